The summed E-state index contributed by atoms with van der Waals surface area (Å²) in [6.07, 6.45) is 1.47. The van der Waals surface area contributed by atoms with E-state index in [1.54, 1.807) is 48.5 Å². The van der Waals surface area contributed by atoms with Gasteiger partial charge in [0.2, 0.25) is 0 Å². The Hall–Kier alpha value is -3.93. The van der Waals surface area contributed by atoms with Crippen molar-refractivity contribution in [1.82, 2.24) is 5.43 Å². The first-order valence-electron chi connectivity index (χ1n) is 8.98. The van der Waals surface area contributed by atoms with Crippen LogP contribution in [0.3, 0.4) is 0 Å². The van der Waals surface area contributed by atoms with Crippen molar-refractivity contribution in [3.8, 4) is 5.75 Å². The zero-order valence-electron chi connectivity index (χ0n) is 15.3. The maximum atomic E-state index is 13.8. The second-order valence-electron chi connectivity index (χ2n) is 6.27. The molecule has 3 aromatic carbocycles. The molecule has 0 aliphatic rings. The van der Waals surface area contributed by atoms with Crippen LogP contribution in [0.2, 0.25) is 0 Å². The van der Waals surface area contributed by atoms with Gasteiger partial charge in [0.1, 0.15) is 23.8 Å². The van der Waals surface area contributed by atoms with E-state index < -0.39 is 5.91 Å². The van der Waals surface area contributed by atoms with Crippen LogP contribution >= 0.6 is 0 Å². The van der Waals surface area contributed by atoms with Crippen LogP contribution in [-0.2, 0) is 6.61 Å². The summed E-state index contributed by atoms with van der Waals surface area (Å²) < 4.78 is 25.0. The molecule has 4 rings (SSSR count). The molecule has 0 unspecified atom stereocenters. The minimum atomic E-state index is -0.456. The molecule has 0 spiro atoms. The molecule has 0 aliphatic carbocycles. The largest absolute Gasteiger partial charge is 0.488 e. The van der Waals surface area contributed by atoms with Gasteiger partial charge in [0.25, 0.3) is 0 Å². The topological polar surface area (TPSA) is 63.8 Å². The third kappa shape index (κ3) is 4.32. The van der Waals surface area contributed by atoms with Crippen molar-refractivity contribution in [2.45, 2.75) is 6.61 Å². The van der Waals surface area contributed by atoms with Gasteiger partial charge in [-0.1, -0.05) is 48.5 Å². The number of furan rings is 1. The standard InChI is InChI=1S/C23H17FN2O3/c24-19-10-4-1-9-18(19)15-28-20-11-5-3-8-17(20)14-25-26-23(27)22-13-16-7-2-6-12-21(16)29-22/h1-14H,15H2,(H,26,27)/b25-14+. The lowest BCUT2D eigenvalue weighted by Gasteiger charge is -2.09. The predicted molar refractivity (Wildman–Crippen MR) is 108 cm³/mol. The molecule has 5 nitrogen and oxygen atoms in total. The highest BCUT2D eigenvalue weighted by molar-refractivity contribution is 5.96. The molecule has 29 heavy (non-hydrogen) atoms. The molecule has 0 fully saturated rings. The van der Waals surface area contributed by atoms with Crippen molar-refractivity contribution in [1.29, 1.82) is 0 Å². The van der Waals surface area contributed by atoms with Crippen molar-refractivity contribution in [2.75, 3.05) is 0 Å². The molecule has 1 amide bonds. The number of ether oxygens (including phenoxy) is 1. The normalized spacial score (nSPS) is 11.1. The van der Waals surface area contributed by atoms with Gasteiger partial charge in [0, 0.05) is 16.5 Å². The van der Waals surface area contributed by atoms with Gasteiger partial charge in [0.15, 0.2) is 5.76 Å². The number of hydrogen-bond donors (Lipinski definition) is 1. The van der Waals surface area contributed by atoms with E-state index in [0.29, 0.717) is 22.5 Å². The van der Waals surface area contributed by atoms with E-state index in [-0.39, 0.29) is 18.2 Å². The average Bonchev–Trinajstić information content (AvgIpc) is 3.18. The maximum absolute atomic E-state index is 13.8. The van der Waals surface area contributed by atoms with E-state index >= 15 is 0 Å². The van der Waals surface area contributed by atoms with Crippen LogP contribution in [0.1, 0.15) is 21.7 Å². The van der Waals surface area contributed by atoms with E-state index in [4.69, 9.17) is 9.15 Å². The van der Waals surface area contributed by atoms with Gasteiger partial charge in [-0.05, 0) is 30.3 Å². The highest BCUT2D eigenvalue weighted by Crippen LogP contribution is 2.20. The number of hydrazone groups is 1. The van der Waals surface area contributed by atoms with E-state index in [1.807, 2.05) is 24.3 Å². The molecule has 0 saturated heterocycles. The summed E-state index contributed by atoms with van der Waals surface area (Å²) in [6.45, 7) is 0.0862. The van der Waals surface area contributed by atoms with E-state index in [0.717, 1.165) is 5.39 Å². The van der Waals surface area contributed by atoms with Crippen LogP contribution in [0.4, 0.5) is 4.39 Å². The Kier molecular flexibility index (Phi) is 5.33. The number of benzene rings is 3. The smallest absolute Gasteiger partial charge is 0.307 e. The number of para-hydroxylation sites is 2. The summed E-state index contributed by atoms with van der Waals surface area (Å²) in [7, 11) is 0. The molecular weight excluding hydrogens is 371 g/mol. The summed E-state index contributed by atoms with van der Waals surface area (Å²) in [6, 6.07) is 22.6. The van der Waals surface area contributed by atoms with Crippen LogP contribution in [0.25, 0.3) is 11.0 Å². The monoisotopic (exact) mass is 388 g/mol. The SMILES string of the molecule is O=C(N/N=C/c1ccccc1OCc1ccccc1F)c1cc2ccccc2o1. The summed E-state index contributed by atoms with van der Waals surface area (Å²) in [5.74, 6) is -0.0797. The Balaban J connectivity index is 1.43. The van der Waals surface area contributed by atoms with Gasteiger partial charge in [-0.25, -0.2) is 9.82 Å². The summed E-state index contributed by atoms with van der Waals surface area (Å²) in [5, 5.41) is 4.82. The Bertz CT molecular complexity index is 1150. The second kappa shape index (κ2) is 8.39. The average molecular weight is 388 g/mol. The van der Waals surface area contributed by atoms with Crippen LogP contribution in [0.15, 0.2) is 88.4 Å². The predicted octanol–water partition coefficient (Wildman–Crippen LogP) is 4.91. The number of nitrogens with one attached hydrogen (secondary N) is 1. The Morgan fingerprint density at radius 3 is 2.66 bits per heavy atom. The zero-order chi connectivity index (χ0) is 20.1. The molecule has 144 valence electrons. The van der Waals surface area contributed by atoms with Crippen molar-refractivity contribution < 1.29 is 18.3 Å². The number of fused-ring (bicyclic) bond motifs is 1. The van der Waals surface area contributed by atoms with E-state index in [2.05, 4.69) is 10.5 Å². The third-order valence-electron chi connectivity index (χ3n) is 4.28. The molecule has 4 aromatic rings. The van der Waals surface area contributed by atoms with Crippen LogP contribution in [-0.4, -0.2) is 12.1 Å². The molecule has 0 bridgehead atoms. The van der Waals surface area contributed by atoms with Gasteiger partial charge in [-0.2, -0.15) is 5.10 Å². The molecule has 0 aliphatic heterocycles. The molecule has 0 saturated carbocycles. The van der Waals surface area contributed by atoms with Crippen molar-refractivity contribution >= 4 is 23.1 Å². The first-order chi connectivity index (χ1) is 14.2. The van der Waals surface area contributed by atoms with Crippen LogP contribution < -0.4 is 10.2 Å². The number of hydrogen-bond acceptors (Lipinski definition) is 4. The number of rotatable bonds is 6. The van der Waals surface area contributed by atoms with Crippen LogP contribution in [0.5, 0.6) is 5.75 Å². The molecule has 6 heteroatoms. The summed E-state index contributed by atoms with van der Waals surface area (Å²) in [4.78, 5) is 12.2. The second-order valence-corrected chi connectivity index (χ2v) is 6.27. The zero-order valence-corrected chi connectivity index (χ0v) is 15.3. The Morgan fingerprint density at radius 2 is 1.79 bits per heavy atom. The van der Waals surface area contributed by atoms with Crippen molar-refractivity contribution in [3.63, 3.8) is 0 Å². The van der Waals surface area contributed by atoms with Crippen molar-refractivity contribution in [3.05, 3.63) is 102 Å². The third-order valence-corrected chi connectivity index (χ3v) is 4.28. The minimum Gasteiger partial charge on any atom is -0.488 e. The number of nitrogens with zero attached hydrogens (tertiary/aromatic N) is 1. The first kappa shape index (κ1) is 18.4. The highest BCUT2D eigenvalue weighted by atomic mass is 19.1. The lowest BCUT2D eigenvalue weighted by Crippen LogP contribution is -2.16. The van der Waals surface area contributed by atoms with Gasteiger partial charge in [-0.3, -0.25) is 4.79 Å². The van der Waals surface area contributed by atoms with Crippen molar-refractivity contribution in [2.24, 2.45) is 5.10 Å². The van der Waals surface area contributed by atoms with E-state index in [9.17, 15) is 9.18 Å². The molecule has 1 N–H and O–H groups in total. The number of carbonyl (C=O) groups is 1. The maximum Gasteiger partial charge on any atom is 0.307 e. The fourth-order valence-corrected chi connectivity index (χ4v) is 2.80. The lowest BCUT2D eigenvalue weighted by atomic mass is 10.2. The molecule has 1 aromatic heterocycles. The summed E-state index contributed by atoms with van der Waals surface area (Å²) in [5.41, 5.74) is 4.18. The fraction of sp³-hybridized carbons (Fsp3) is 0.0435. The lowest BCUT2D eigenvalue weighted by molar-refractivity contribution is 0.0929. The molecule has 0 radical (unpaired) electrons. The molecule has 0 atom stereocenters. The molecular formula is C23H17FN2O3. The van der Waals surface area contributed by atoms with Gasteiger partial charge in [0.05, 0.1) is 6.21 Å². The number of halogens is 1. The highest BCUT2D eigenvalue weighted by Gasteiger charge is 2.11. The Labute approximate surface area is 166 Å². The number of carbonyl (C=O) groups excluding carboxylic acids is 1. The fourth-order valence-electron chi connectivity index (χ4n) is 2.80. The van der Waals surface area contributed by atoms with E-state index in [1.165, 1.54) is 12.3 Å². The number of amides is 1. The minimum absolute atomic E-state index is 0.0862. The summed E-state index contributed by atoms with van der Waals surface area (Å²) >= 11 is 0. The first-order valence-corrected chi connectivity index (χ1v) is 8.98. The Morgan fingerprint density at radius 1 is 1.03 bits per heavy atom. The van der Waals surface area contributed by atoms with Gasteiger partial charge >= 0.3 is 5.91 Å². The van der Waals surface area contributed by atoms with Gasteiger partial charge < -0.3 is 9.15 Å². The molecule has 1 heterocycles. The van der Waals surface area contributed by atoms with Crippen LogP contribution in [0, 0.1) is 5.82 Å². The van der Waals surface area contributed by atoms with Gasteiger partial charge in [-0.15, -0.1) is 0 Å². The quantitative estimate of drug-likeness (QED) is 0.377.